The topological polar surface area (TPSA) is 56.7 Å². The van der Waals surface area contributed by atoms with E-state index < -0.39 is 0 Å². The van der Waals surface area contributed by atoms with Gasteiger partial charge in [-0.2, -0.15) is 5.10 Å². The summed E-state index contributed by atoms with van der Waals surface area (Å²) in [6.07, 6.45) is 3.81. The molecule has 0 aliphatic rings. The SMILES string of the molecule is CCC(N)Cc1c(C)nn(Cc2cncs2)c1C. The second kappa shape index (κ2) is 5.63. The molecule has 0 aromatic carbocycles. The van der Waals surface area contributed by atoms with Gasteiger partial charge in [-0.15, -0.1) is 11.3 Å². The van der Waals surface area contributed by atoms with Gasteiger partial charge in [0.1, 0.15) is 0 Å². The maximum atomic E-state index is 6.04. The van der Waals surface area contributed by atoms with Gasteiger partial charge in [-0.3, -0.25) is 9.67 Å². The van der Waals surface area contributed by atoms with E-state index in [9.17, 15) is 0 Å². The summed E-state index contributed by atoms with van der Waals surface area (Å²) in [5, 5.41) is 4.61. The number of nitrogens with two attached hydrogens (primary N) is 1. The highest BCUT2D eigenvalue weighted by Crippen LogP contribution is 2.18. The zero-order valence-corrected chi connectivity index (χ0v) is 12.0. The van der Waals surface area contributed by atoms with E-state index in [2.05, 4.69) is 35.5 Å². The van der Waals surface area contributed by atoms with Crippen LogP contribution < -0.4 is 5.73 Å². The van der Waals surface area contributed by atoms with Gasteiger partial charge in [-0.1, -0.05) is 6.92 Å². The van der Waals surface area contributed by atoms with Gasteiger partial charge in [0.05, 0.1) is 17.7 Å². The Hall–Kier alpha value is -1.20. The second-order valence-corrected chi connectivity index (χ2v) is 5.62. The van der Waals surface area contributed by atoms with E-state index in [4.69, 9.17) is 5.73 Å². The molecular weight excluding hydrogens is 244 g/mol. The Labute approximate surface area is 112 Å². The maximum absolute atomic E-state index is 6.04. The Morgan fingerprint density at radius 1 is 1.44 bits per heavy atom. The van der Waals surface area contributed by atoms with E-state index in [0.29, 0.717) is 0 Å². The molecular formula is C13H20N4S. The lowest BCUT2D eigenvalue weighted by Crippen LogP contribution is -2.22. The van der Waals surface area contributed by atoms with Gasteiger partial charge in [0.15, 0.2) is 0 Å². The smallest absolute Gasteiger partial charge is 0.0794 e. The van der Waals surface area contributed by atoms with Crippen molar-refractivity contribution in [3.63, 3.8) is 0 Å². The lowest BCUT2D eigenvalue weighted by Gasteiger charge is -2.09. The summed E-state index contributed by atoms with van der Waals surface area (Å²) in [5.41, 5.74) is 11.5. The van der Waals surface area contributed by atoms with Gasteiger partial charge in [0, 0.05) is 22.8 Å². The van der Waals surface area contributed by atoms with Crippen LogP contribution in [0.15, 0.2) is 11.7 Å². The highest BCUT2D eigenvalue weighted by atomic mass is 32.1. The van der Waals surface area contributed by atoms with Crippen molar-refractivity contribution in [2.24, 2.45) is 5.73 Å². The average Bonchev–Trinajstić information content (AvgIpc) is 2.94. The van der Waals surface area contributed by atoms with Gasteiger partial charge in [0.25, 0.3) is 0 Å². The van der Waals surface area contributed by atoms with Gasteiger partial charge in [0.2, 0.25) is 0 Å². The fourth-order valence-electron chi connectivity index (χ4n) is 2.06. The molecule has 0 amide bonds. The molecule has 0 fully saturated rings. The van der Waals surface area contributed by atoms with Crippen molar-refractivity contribution in [3.8, 4) is 0 Å². The zero-order valence-electron chi connectivity index (χ0n) is 11.2. The van der Waals surface area contributed by atoms with Crippen LogP contribution in [0.25, 0.3) is 0 Å². The van der Waals surface area contributed by atoms with E-state index in [1.807, 2.05) is 11.7 Å². The molecule has 0 radical (unpaired) electrons. The fourth-order valence-corrected chi connectivity index (χ4v) is 2.63. The second-order valence-electron chi connectivity index (χ2n) is 4.65. The van der Waals surface area contributed by atoms with Gasteiger partial charge in [-0.05, 0) is 32.3 Å². The molecule has 0 aliphatic heterocycles. The molecule has 1 unspecified atom stereocenters. The Morgan fingerprint density at radius 2 is 2.22 bits per heavy atom. The van der Waals surface area contributed by atoms with Crippen molar-refractivity contribution < 1.29 is 0 Å². The first-order valence-electron chi connectivity index (χ1n) is 6.27. The van der Waals surface area contributed by atoms with Crippen LogP contribution >= 0.6 is 11.3 Å². The molecule has 2 heterocycles. The standard InChI is InChI=1S/C13H20N4S/c1-4-11(14)5-13-9(2)16-17(10(13)3)7-12-6-15-8-18-12/h6,8,11H,4-5,7,14H2,1-3H3. The first kappa shape index (κ1) is 13.2. The van der Waals surface area contributed by atoms with E-state index in [1.165, 1.54) is 16.1 Å². The Bertz CT molecular complexity index is 501. The Kier molecular flexibility index (Phi) is 4.14. The number of hydrogen-bond donors (Lipinski definition) is 1. The molecule has 2 aromatic heterocycles. The van der Waals surface area contributed by atoms with Crippen LogP contribution in [-0.4, -0.2) is 20.8 Å². The predicted octanol–water partition coefficient (Wildman–Crippen LogP) is 2.28. The predicted molar refractivity (Wildman–Crippen MR) is 74.9 cm³/mol. The number of aryl methyl sites for hydroxylation is 1. The molecule has 0 saturated heterocycles. The summed E-state index contributed by atoms with van der Waals surface area (Å²) in [6.45, 7) is 7.11. The summed E-state index contributed by atoms with van der Waals surface area (Å²) in [5.74, 6) is 0. The molecule has 5 heteroatoms. The van der Waals surface area contributed by atoms with Crippen LogP contribution in [0.1, 0.15) is 35.2 Å². The molecule has 0 bridgehead atoms. The third-order valence-electron chi connectivity index (χ3n) is 3.31. The van der Waals surface area contributed by atoms with Crippen molar-refractivity contribution in [1.29, 1.82) is 0 Å². The highest BCUT2D eigenvalue weighted by Gasteiger charge is 2.14. The van der Waals surface area contributed by atoms with Crippen molar-refractivity contribution in [1.82, 2.24) is 14.8 Å². The Morgan fingerprint density at radius 3 is 2.83 bits per heavy atom. The quantitative estimate of drug-likeness (QED) is 0.901. The van der Waals surface area contributed by atoms with Crippen molar-refractivity contribution in [2.45, 2.75) is 46.2 Å². The Balaban J connectivity index is 2.20. The summed E-state index contributed by atoms with van der Waals surface area (Å²) in [6, 6.07) is 0.225. The van der Waals surface area contributed by atoms with Crippen LogP contribution in [0.5, 0.6) is 0 Å². The molecule has 2 aromatic rings. The molecule has 98 valence electrons. The number of aromatic nitrogens is 3. The lowest BCUT2D eigenvalue weighted by molar-refractivity contribution is 0.637. The normalized spacial score (nSPS) is 12.9. The minimum atomic E-state index is 0.225. The molecule has 2 N–H and O–H groups in total. The molecule has 2 rings (SSSR count). The number of thiazole rings is 1. The first-order valence-corrected chi connectivity index (χ1v) is 7.15. The lowest BCUT2D eigenvalue weighted by atomic mass is 10.0. The van der Waals surface area contributed by atoms with Gasteiger partial charge in [-0.25, -0.2) is 0 Å². The summed E-state index contributed by atoms with van der Waals surface area (Å²) >= 11 is 1.66. The van der Waals surface area contributed by atoms with E-state index in [1.54, 1.807) is 11.3 Å². The number of nitrogens with zero attached hydrogens (tertiary/aromatic N) is 3. The van der Waals surface area contributed by atoms with Crippen LogP contribution in [0.2, 0.25) is 0 Å². The zero-order chi connectivity index (χ0) is 13.1. The summed E-state index contributed by atoms with van der Waals surface area (Å²) in [4.78, 5) is 5.32. The number of hydrogen-bond acceptors (Lipinski definition) is 4. The molecule has 0 saturated carbocycles. The first-order chi connectivity index (χ1) is 8.61. The summed E-state index contributed by atoms with van der Waals surface area (Å²) < 4.78 is 2.06. The maximum Gasteiger partial charge on any atom is 0.0794 e. The molecule has 0 aliphatic carbocycles. The molecule has 1 atom stereocenters. The van der Waals surface area contributed by atoms with Crippen molar-refractivity contribution in [2.75, 3.05) is 0 Å². The fraction of sp³-hybridized carbons (Fsp3) is 0.538. The molecule has 18 heavy (non-hydrogen) atoms. The van der Waals surface area contributed by atoms with Crippen LogP contribution in [0.4, 0.5) is 0 Å². The van der Waals surface area contributed by atoms with Crippen LogP contribution in [-0.2, 0) is 13.0 Å². The van der Waals surface area contributed by atoms with E-state index in [-0.39, 0.29) is 6.04 Å². The van der Waals surface area contributed by atoms with Crippen LogP contribution in [0.3, 0.4) is 0 Å². The van der Waals surface area contributed by atoms with Crippen molar-refractivity contribution >= 4 is 11.3 Å². The molecule has 0 spiro atoms. The number of rotatable bonds is 5. The summed E-state index contributed by atoms with van der Waals surface area (Å²) in [7, 11) is 0. The monoisotopic (exact) mass is 264 g/mol. The van der Waals surface area contributed by atoms with E-state index in [0.717, 1.165) is 25.1 Å². The average molecular weight is 264 g/mol. The van der Waals surface area contributed by atoms with Gasteiger partial charge < -0.3 is 5.73 Å². The van der Waals surface area contributed by atoms with Gasteiger partial charge >= 0.3 is 0 Å². The third kappa shape index (κ3) is 2.79. The van der Waals surface area contributed by atoms with E-state index >= 15 is 0 Å². The largest absolute Gasteiger partial charge is 0.327 e. The van der Waals surface area contributed by atoms with Crippen LogP contribution in [0, 0.1) is 13.8 Å². The minimum Gasteiger partial charge on any atom is -0.327 e. The third-order valence-corrected chi connectivity index (χ3v) is 4.08. The molecule has 4 nitrogen and oxygen atoms in total. The highest BCUT2D eigenvalue weighted by molar-refractivity contribution is 7.09. The minimum absolute atomic E-state index is 0.225. The van der Waals surface area contributed by atoms with Crippen molar-refractivity contribution in [3.05, 3.63) is 33.5 Å².